The fourth-order valence-corrected chi connectivity index (χ4v) is 1.59. The van der Waals surface area contributed by atoms with Crippen LogP contribution < -0.4 is 5.32 Å². The molecule has 0 spiro atoms. The summed E-state index contributed by atoms with van der Waals surface area (Å²) in [6.45, 7) is 1.67. The number of aromatic nitrogens is 3. The Bertz CT molecular complexity index is 331. The molecule has 14 heavy (non-hydrogen) atoms. The van der Waals surface area contributed by atoms with Gasteiger partial charge in [0.2, 0.25) is 6.33 Å². The maximum atomic E-state index is 10.3. The monoisotopic (exact) mass is 197 g/mol. The quantitative estimate of drug-likeness (QED) is 0.541. The molecule has 0 aliphatic carbocycles. The summed E-state index contributed by atoms with van der Waals surface area (Å²) in [7, 11) is 0. The first-order valence-electron chi connectivity index (χ1n) is 4.53. The van der Waals surface area contributed by atoms with Crippen LogP contribution in [0.2, 0.25) is 0 Å². The van der Waals surface area contributed by atoms with E-state index in [0.717, 1.165) is 19.4 Å². The molecule has 0 amide bonds. The van der Waals surface area contributed by atoms with E-state index >= 15 is 0 Å². The fraction of sp³-hybridized carbons (Fsp3) is 0.714. The largest absolute Gasteiger partial charge is 0.490 e. The molecular weight excluding hydrogens is 186 g/mol. The van der Waals surface area contributed by atoms with Gasteiger partial charge >= 0.3 is 5.95 Å². The fourth-order valence-electron chi connectivity index (χ4n) is 1.59. The van der Waals surface area contributed by atoms with E-state index in [1.807, 2.05) is 0 Å². The average molecular weight is 197 g/mol. The third-order valence-electron chi connectivity index (χ3n) is 2.26. The third kappa shape index (κ3) is 1.87. The van der Waals surface area contributed by atoms with Gasteiger partial charge in [-0.1, -0.05) is 4.98 Å². The van der Waals surface area contributed by atoms with Gasteiger partial charge in [0.15, 0.2) is 0 Å². The highest BCUT2D eigenvalue weighted by molar-refractivity contribution is 4.97. The molecule has 0 radical (unpaired) electrons. The predicted octanol–water partition coefficient (Wildman–Crippen LogP) is -0.0617. The number of hydrogen-bond acceptors (Lipinski definition) is 5. The molecule has 0 aromatic carbocycles. The first kappa shape index (κ1) is 9.07. The lowest BCUT2D eigenvalue weighted by atomic mass is 10.2. The van der Waals surface area contributed by atoms with Crippen molar-refractivity contribution in [2.75, 3.05) is 6.54 Å². The lowest BCUT2D eigenvalue weighted by molar-refractivity contribution is -0.394. The van der Waals surface area contributed by atoms with Gasteiger partial charge in [0.1, 0.15) is 0 Å². The minimum absolute atomic E-state index is 0.331. The molecule has 7 nitrogen and oxygen atoms in total. The summed E-state index contributed by atoms with van der Waals surface area (Å²) >= 11 is 0. The van der Waals surface area contributed by atoms with Gasteiger partial charge < -0.3 is 15.4 Å². The highest BCUT2D eigenvalue weighted by Gasteiger charge is 2.19. The normalized spacial score (nSPS) is 21.3. The second-order valence-corrected chi connectivity index (χ2v) is 3.32. The molecule has 1 atom stereocenters. The first-order valence-corrected chi connectivity index (χ1v) is 4.53. The Morgan fingerprint density at radius 3 is 3.21 bits per heavy atom. The van der Waals surface area contributed by atoms with Gasteiger partial charge in [-0.15, -0.1) is 0 Å². The smallest absolute Gasteiger partial charge is 0.390 e. The molecule has 0 bridgehead atoms. The molecule has 76 valence electrons. The Morgan fingerprint density at radius 2 is 2.64 bits per heavy atom. The van der Waals surface area contributed by atoms with Crippen molar-refractivity contribution in [3.8, 4) is 0 Å². The first-order chi connectivity index (χ1) is 6.75. The van der Waals surface area contributed by atoms with Gasteiger partial charge in [-0.05, 0) is 24.3 Å². The van der Waals surface area contributed by atoms with E-state index in [1.165, 1.54) is 11.0 Å². The van der Waals surface area contributed by atoms with Crippen LogP contribution >= 0.6 is 0 Å². The van der Waals surface area contributed by atoms with Crippen molar-refractivity contribution in [1.29, 1.82) is 0 Å². The Balaban J connectivity index is 1.98. The van der Waals surface area contributed by atoms with Crippen molar-refractivity contribution in [1.82, 2.24) is 20.1 Å². The van der Waals surface area contributed by atoms with Crippen molar-refractivity contribution in [3.63, 3.8) is 0 Å². The van der Waals surface area contributed by atoms with Gasteiger partial charge in [0.25, 0.3) is 0 Å². The zero-order chi connectivity index (χ0) is 9.97. The highest BCUT2D eigenvalue weighted by Crippen LogP contribution is 2.08. The molecule has 1 aromatic rings. The van der Waals surface area contributed by atoms with Crippen molar-refractivity contribution in [2.24, 2.45) is 0 Å². The predicted molar refractivity (Wildman–Crippen MR) is 47.7 cm³/mol. The molecule has 1 aromatic heterocycles. The van der Waals surface area contributed by atoms with Gasteiger partial charge in [-0.3, -0.25) is 0 Å². The van der Waals surface area contributed by atoms with Crippen molar-refractivity contribution >= 4 is 5.95 Å². The molecule has 2 rings (SSSR count). The molecule has 1 aliphatic rings. The van der Waals surface area contributed by atoms with E-state index in [2.05, 4.69) is 15.4 Å². The number of hydrogen-bond donors (Lipinski definition) is 1. The molecule has 1 N–H and O–H groups in total. The van der Waals surface area contributed by atoms with E-state index < -0.39 is 4.92 Å². The van der Waals surface area contributed by atoms with Crippen molar-refractivity contribution in [3.05, 3.63) is 16.4 Å². The summed E-state index contributed by atoms with van der Waals surface area (Å²) in [6.07, 6.45) is 3.65. The Hall–Kier alpha value is -1.50. The molecule has 1 saturated heterocycles. The van der Waals surface area contributed by atoms with Crippen LogP contribution in [0.15, 0.2) is 6.33 Å². The van der Waals surface area contributed by atoms with Crippen LogP contribution in [0.4, 0.5) is 5.95 Å². The second kappa shape index (κ2) is 3.70. The van der Waals surface area contributed by atoms with Crippen LogP contribution in [-0.2, 0) is 6.54 Å². The maximum absolute atomic E-state index is 10.3. The Morgan fingerprint density at radius 1 is 1.79 bits per heavy atom. The van der Waals surface area contributed by atoms with Crippen LogP contribution in [0.25, 0.3) is 0 Å². The molecule has 1 aliphatic heterocycles. The number of rotatable bonds is 3. The minimum atomic E-state index is -0.585. The summed E-state index contributed by atoms with van der Waals surface area (Å²) in [5.41, 5.74) is 0. The van der Waals surface area contributed by atoms with Crippen LogP contribution in [0.3, 0.4) is 0 Å². The molecule has 1 unspecified atom stereocenters. The van der Waals surface area contributed by atoms with E-state index in [0.29, 0.717) is 12.6 Å². The van der Waals surface area contributed by atoms with Crippen LogP contribution in [0, 0.1) is 10.1 Å². The Labute approximate surface area is 80.3 Å². The lowest BCUT2D eigenvalue weighted by Gasteiger charge is -2.05. The molecular formula is C7H11N5O2. The number of nitrogens with zero attached hydrogens (tertiary/aromatic N) is 4. The molecule has 0 saturated carbocycles. The minimum Gasteiger partial charge on any atom is -0.390 e. The number of nitrogens with one attached hydrogen (secondary N) is 1. The van der Waals surface area contributed by atoms with Crippen LogP contribution in [-0.4, -0.2) is 32.3 Å². The van der Waals surface area contributed by atoms with Gasteiger partial charge in [0.05, 0.1) is 6.54 Å². The van der Waals surface area contributed by atoms with Crippen molar-refractivity contribution in [2.45, 2.75) is 25.4 Å². The van der Waals surface area contributed by atoms with Gasteiger partial charge in [-0.25, -0.2) is 0 Å². The average Bonchev–Trinajstić information content (AvgIpc) is 2.75. The summed E-state index contributed by atoms with van der Waals surface area (Å²) in [6, 6.07) is 0.372. The SMILES string of the molecule is O=[N+]([O-])c1ncn(CC2CCCN2)n1. The topological polar surface area (TPSA) is 85.9 Å². The van der Waals surface area contributed by atoms with Crippen LogP contribution in [0.1, 0.15) is 12.8 Å². The molecule has 7 heteroatoms. The van der Waals surface area contributed by atoms with Gasteiger partial charge in [0, 0.05) is 11.1 Å². The summed E-state index contributed by atoms with van der Waals surface area (Å²) in [5.74, 6) is -0.331. The summed E-state index contributed by atoms with van der Waals surface area (Å²) < 4.78 is 1.52. The zero-order valence-electron chi connectivity index (χ0n) is 7.59. The maximum Gasteiger partial charge on any atom is 0.490 e. The van der Waals surface area contributed by atoms with E-state index in [4.69, 9.17) is 0 Å². The highest BCUT2D eigenvalue weighted by atomic mass is 16.6. The molecule has 2 heterocycles. The second-order valence-electron chi connectivity index (χ2n) is 3.32. The van der Waals surface area contributed by atoms with E-state index in [-0.39, 0.29) is 5.95 Å². The zero-order valence-corrected chi connectivity index (χ0v) is 7.59. The summed E-state index contributed by atoms with van der Waals surface area (Å²) in [5, 5.41) is 17.3. The molecule has 1 fully saturated rings. The van der Waals surface area contributed by atoms with Crippen molar-refractivity contribution < 1.29 is 4.92 Å². The summed E-state index contributed by atoms with van der Waals surface area (Å²) in [4.78, 5) is 13.3. The van der Waals surface area contributed by atoms with Crippen LogP contribution in [0.5, 0.6) is 0 Å². The third-order valence-corrected chi connectivity index (χ3v) is 2.26. The standard InChI is InChI=1S/C7H11N5O2/c13-12(14)7-9-5-11(10-7)4-6-2-1-3-8-6/h5-6,8H,1-4H2. The van der Waals surface area contributed by atoms with E-state index in [9.17, 15) is 10.1 Å². The van der Waals surface area contributed by atoms with E-state index in [1.54, 1.807) is 0 Å². The number of nitro groups is 1. The lowest BCUT2D eigenvalue weighted by Crippen LogP contribution is -2.26. The van der Waals surface area contributed by atoms with Gasteiger partial charge in [-0.2, -0.15) is 4.68 Å². The Kier molecular flexibility index (Phi) is 2.40.